The summed E-state index contributed by atoms with van der Waals surface area (Å²) in [6.07, 6.45) is -9.47. The number of aromatic carboxylic acids is 1. The van der Waals surface area contributed by atoms with Crippen molar-refractivity contribution in [1.29, 1.82) is 0 Å². The Labute approximate surface area is 147 Å². The minimum atomic E-state index is -5.14. The molecule has 0 aliphatic rings. The maximum atomic E-state index is 13.7. The highest BCUT2D eigenvalue weighted by Gasteiger charge is 2.41. The average Bonchev–Trinajstić information content (AvgIpc) is 2.58. The van der Waals surface area contributed by atoms with Gasteiger partial charge in [0.2, 0.25) is 5.82 Å². The van der Waals surface area contributed by atoms with Crippen LogP contribution in [0.1, 0.15) is 21.7 Å². The van der Waals surface area contributed by atoms with E-state index < -0.39 is 46.4 Å². The zero-order valence-corrected chi connectivity index (χ0v) is 13.1. The number of aromatic nitrogens is 2. The highest BCUT2D eigenvalue weighted by atomic mass is 19.4. The van der Waals surface area contributed by atoms with Crippen LogP contribution < -0.4 is 0 Å². The third kappa shape index (κ3) is 3.42. The van der Waals surface area contributed by atoms with Gasteiger partial charge in [0.25, 0.3) is 0 Å². The number of rotatable bonds is 2. The zero-order valence-electron chi connectivity index (χ0n) is 13.1. The molecule has 10 heteroatoms. The molecule has 0 atom stereocenters. The molecule has 0 unspecified atom stereocenters. The van der Waals surface area contributed by atoms with Gasteiger partial charge in [-0.2, -0.15) is 26.3 Å². The van der Waals surface area contributed by atoms with Gasteiger partial charge in [-0.05, 0) is 11.6 Å². The van der Waals surface area contributed by atoms with Crippen molar-refractivity contribution in [2.45, 2.75) is 12.4 Å². The third-order valence-corrected chi connectivity index (χ3v) is 3.70. The van der Waals surface area contributed by atoms with E-state index in [9.17, 15) is 36.2 Å². The number of halogens is 6. The second-order valence-electron chi connectivity index (χ2n) is 5.47. The summed E-state index contributed by atoms with van der Waals surface area (Å²) in [6.45, 7) is 0. The summed E-state index contributed by atoms with van der Waals surface area (Å²) in [7, 11) is 0. The van der Waals surface area contributed by atoms with Crippen LogP contribution in [0.5, 0.6) is 0 Å². The second kappa shape index (κ2) is 6.22. The molecule has 140 valence electrons. The van der Waals surface area contributed by atoms with E-state index in [1.54, 1.807) is 0 Å². The number of fused-ring (bicyclic) bond motifs is 1. The first-order valence-corrected chi connectivity index (χ1v) is 7.27. The summed E-state index contributed by atoms with van der Waals surface area (Å²) in [6, 6.07) is 7.32. The van der Waals surface area contributed by atoms with Crippen LogP contribution >= 0.6 is 0 Å². The fourth-order valence-electron chi connectivity index (χ4n) is 2.66. The Morgan fingerprint density at radius 3 is 2.11 bits per heavy atom. The van der Waals surface area contributed by atoms with Crippen LogP contribution in [0.4, 0.5) is 26.3 Å². The first kappa shape index (κ1) is 18.6. The van der Waals surface area contributed by atoms with Crippen molar-refractivity contribution in [3.05, 3.63) is 59.5 Å². The standard InChI is InChI=1S/C17H8F6N2O2/c18-16(19,20)12-10(14(26)27)6-9-7-24-15(17(21,22)23)25-13(9)11(12)8-4-2-1-3-5-8/h1-7H,(H,26,27). The van der Waals surface area contributed by atoms with E-state index >= 15 is 0 Å². The number of alkyl halides is 6. The van der Waals surface area contributed by atoms with Gasteiger partial charge in [0, 0.05) is 17.1 Å². The van der Waals surface area contributed by atoms with Gasteiger partial charge >= 0.3 is 18.3 Å². The molecule has 0 amide bonds. The minimum Gasteiger partial charge on any atom is -0.478 e. The third-order valence-electron chi connectivity index (χ3n) is 3.70. The molecule has 3 rings (SSSR count). The lowest BCUT2D eigenvalue weighted by molar-refractivity contribution is -0.144. The molecular weight excluding hydrogens is 378 g/mol. The van der Waals surface area contributed by atoms with E-state index in [0.717, 1.165) is 0 Å². The monoisotopic (exact) mass is 386 g/mol. The van der Waals surface area contributed by atoms with E-state index in [2.05, 4.69) is 9.97 Å². The second-order valence-corrected chi connectivity index (χ2v) is 5.47. The highest BCUT2D eigenvalue weighted by Crippen LogP contribution is 2.43. The van der Waals surface area contributed by atoms with E-state index in [1.807, 2.05) is 0 Å². The van der Waals surface area contributed by atoms with Crippen LogP contribution in [-0.2, 0) is 12.4 Å². The van der Waals surface area contributed by atoms with Gasteiger partial charge in [0.05, 0.1) is 16.6 Å². The molecule has 0 aliphatic carbocycles. The van der Waals surface area contributed by atoms with Crippen LogP contribution in [0, 0.1) is 0 Å². The van der Waals surface area contributed by atoms with Crippen molar-refractivity contribution < 1.29 is 36.2 Å². The maximum Gasteiger partial charge on any atom is 0.451 e. The zero-order chi connectivity index (χ0) is 20.0. The largest absolute Gasteiger partial charge is 0.478 e. The van der Waals surface area contributed by atoms with E-state index in [0.29, 0.717) is 12.3 Å². The summed E-state index contributed by atoms with van der Waals surface area (Å²) in [5.74, 6) is -3.50. The molecular formula is C17H8F6N2O2. The lowest BCUT2D eigenvalue weighted by Crippen LogP contribution is -2.17. The van der Waals surface area contributed by atoms with Crippen LogP contribution in [0.3, 0.4) is 0 Å². The molecule has 0 saturated carbocycles. The predicted octanol–water partition coefficient (Wildman–Crippen LogP) is 5.03. The summed E-state index contributed by atoms with van der Waals surface area (Å²) in [4.78, 5) is 17.8. The molecule has 4 nitrogen and oxygen atoms in total. The Hall–Kier alpha value is -3.17. The fourth-order valence-corrected chi connectivity index (χ4v) is 2.66. The number of carboxylic acid groups (broad SMARTS) is 1. The van der Waals surface area contributed by atoms with Crippen LogP contribution in [-0.4, -0.2) is 21.0 Å². The predicted molar refractivity (Wildman–Crippen MR) is 81.9 cm³/mol. The topological polar surface area (TPSA) is 63.1 Å². The quantitative estimate of drug-likeness (QED) is 0.628. The van der Waals surface area contributed by atoms with Crippen molar-refractivity contribution in [1.82, 2.24) is 9.97 Å². The summed E-state index contributed by atoms with van der Waals surface area (Å²) in [5, 5.41) is 8.97. The Morgan fingerprint density at radius 1 is 0.963 bits per heavy atom. The summed E-state index contributed by atoms with van der Waals surface area (Å²) < 4.78 is 79.9. The summed E-state index contributed by atoms with van der Waals surface area (Å²) in [5.41, 5.74) is -4.17. The van der Waals surface area contributed by atoms with Crippen LogP contribution in [0.15, 0.2) is 42.6 Å². The Morgan fingerprint density at radius 2 is 1.59 bits per heavy atom. The van der Waals surface area contributed by atoms with E-state index in [4.69, 9.17) is 0 Å². The molecule has 0 radical (unpaired) electrons. The van der Waals surface area contributed by atoms with E-state index in [1.165, 1.54) is 30.3 Å². The molecule has 0 saturated heterocycles. The number of benzene rings is 2. The molecule has 1 N–H and O–H groups in total. The van der Waals surface area contributed by atoms with Gasteiger partial charge in [-0.15, -0.1) is 0 Å². The molecule has 1 heterocycles. The van der Waals surface area contributed by atoms with Gasteiger partial charge < -0.3 is 5.11 Å². The Bertz CT molecular complexity index is 1030. The van der Waals surface area contributed by atoms with Crippen LogP contribution in [0.25, 0.3) is 22.0 Å². The fraction of sp³-hybridized carbons (Fsp3) is 0.118. The highest BCUT2D eigenvalue weighted by molar-refractivity contribution is 6.03. The number of carboxylic acids is 1. The van der Waals surface area contributed by atoms with Crippen molar-refractivity contribution in [2.75, 3.05) is 0 Å². The van der Waals surface area contributed by atoms with Crippen molar-refractivity contribution in [3.8, 4) is 11.1 Å². The van der Waals surface area contributed by atoms with Gasteiger partial charge in [-0.3, -0.25) is 0 Å². The van der Waals surface area contributed by atoms with Crippen molar-refractivity contribution in [2.24, 2.45) is 0 Å². The van der Waals surface area contributed by atoms with Crippen molar-refractivity contribution in [3.63, 3.8) is 0 Å². The average molecular weight is 386 g/mol. The lowest BCUT2D eigenvalue weighted by Gasteiger charge is -2.18. The Kier molecular flexibility index (Phi) is 4.29. The molecule has 0 spiro atoms. The van der Waals surface area contributed by atoms with Gasteiger partial charge in [-0.25, -0.2) is 14.8 Å². The summed E-state index contributed by atoms with van der Waals surface area (Å²) >= 11 is 0. The number of nitrogens with zero attached hydrogens (tertiary/aromatic N) is 2. The number of hydrogen-bond donors (Lipinski definition) is 1. The Balaban J connectivity index is 2.55. The van der Waals surface area contributed by atoms with Gasteiger partial charge in [-0.1, -0.05) is 30.3 Å². The molecule has 0 aliphatic heterocycles. The molecule has 3 aromatic rings. The minimum absolute atomic E-state index is 0.121. The number of hydrogen-bond acceptors (Lipinski definition) is 3. The molecule has 2 aromatic carbocycles. The lowest BCUT2D eigenvalue weighted by atomic mass is 9.92. The molecule has 0 bridgehead atoms. The maximum absolute atomic E-state index is 13.7. The molecule has 0 fully saturated rings. The smallest absolute Gasteiger partial charge is 0.451 e. The molecule has 27 heavy (non-hydrogen) atoms. The molecule has 1 aromatic heterocycles. The van der Waals surface area contributed by atoms with Gasteiger partial charge in [0.1, 0.15) is 0 Å². The van der Waals surface area contributed by atoms with Crippen LogP contribution in [0.2, 0.25) is 0 Å². The first-order chi connectivity index (χ1) is 12.5. The SMILES string of the molecule is O=C(O)c1cc2cnc(C(F)(F)F)nc2c(-c2ccccc2)c1C(F)(F)F. The first-order valence-electron chi connectivity index (χ1n) is 7.27. The van der Waals surface area contributed by atoms with E-state index in [-0.39, 0.29) is 10.9 Å². The van der Waals surface area contributed by atoms with Crippen molar-refractivity contribution >= 4 is 16.9 Å². The normalized spacial score (nSPS) is 12.4. The van der Waals surface area contributed by atoms with Gasteiger partial charge in [0.15, 0.2) is 0 Å². The number of carbonyl (C=O) groups is 1.